The first-order chi connectivity index (χ1) is 15.7. The molecule has 0 saturated carbocycles. The molecule has 5 atom stereocenters. The summed E-state index contributed by atoms with van der Waals surface area (Å²) in [6.45, 7) is 10.5. The third-order valence-electron chi connectivity index (χ3n) is 8.05. The summed E-state index contributed by atoms with van der Waals surface area (Å²) < 4.78 is 7.78. The van der Waals surface area contributed by atoms with Crippen LogP contribution in [0.2, 0.25) is 0 Å². The average Bonchev–Trinajstić information content (AvgIpc) is 2.85. The van der Waals surface area contributed by atoms with Crippen molar-refractivity contribution in [3.8, 4) is 0 Å². The Kier molecular flexibility index (Phi) is 7.53. The normalized spacial score (nSPS) is 27.1. The summed E-state index contributed by atoms with van der Waals surface area (Å²) in [5.41, 5.74) is 3.78. The maximum absolute atomic E-state index is 6.65. The molecule has 0 spiro atoms. The summed E-state index contributed by atoms with van der Waals surface area (Å²) in [4.78, 5) is 4.63. The van der Waals surface area contributed by atoms with Crippen molar-refractivity contribution in [3.63, 3.8) is 0 Å². The van der Waals surface area contributed by atoms with Gasteiger partial charge in [-0.2, -0.15) is 0 Å². The number of hydrogen-bond acceptors (Lipinski definition) is 2. The summed E-state index contributed by atoms with van der Waals surface area (Å²) in [7, 11) is 0. The molecule has 0 N–H and O–H groups in total. The molecule has 3 saturated heterocycles. The van der Waals surface area contributed by atoms with Crippen LogP contribution in [0.1, 0.15) is 43.4 Å². The Hall–Kier alpha value is -2.20. The quantitative estimate of drug-likeness (QED) is 0.378. The van der Waals surface area contributed by atoms with Crippen LogP contribution in [-0.4, -0.2) is 35.2 Å². The van der Waals surface area contributed by atoms with Gasteiger partial charge in [0.1, 0.15) is 18.7 Å². The molecule has 3 aliphatic rings. The van der Waals surface area contributed by atoms with Gasteiger partial charge in [-0.15, -0.1) is 6.58 Å². The Morgan fingerprint density at radius 2 is 1.91 bits per heavy atom. The molecule has 4 heteroatoms. The largest absolute Gasteiger partial charge is 1.00 e. The minimum Gasteiger partial charge on any atom is -1.00 e. The van der Waals surface area contributed by atoms with Gasteiger partial charge in [-0.3, -0.25) is 4.98 Å². The fourth-order valence-electron chi connectivity index (χ4n) is 6.54. The molecule has 3 aromatic rings. The van der Waals surface area contributed by atoms with E-state index in [0.29, 0.717) is 12.6 Å². The lowest BCUT2D eigenvalue weighted by atomic mass is 9.70. The minimum atomic E-state index is 0. The topological polar surface area (TPSA) is 22.1 Å². The molecule has 1 aromatic heterocycles. The molecule has 174 valence electrons. The zero-order chi connectivity index (χ0) is 22.0. The molecule has 1 unspecified atom stereocenters. The third-order valence-corrected chi connectivity index (χ3v) is 8.05. The molecule has 2 aromatic carbocycles. The summed E-state index contributed by atoms with van der Waals surface area (Å²) in [6.07, 6.45) is 7.75. The molecule has 3 nitrogen and oxygen atoms in total. The number of fused-ring (bicyclic) bond motifs is 4. The number of nitrogens with zero attached hydrogens (tertiary/aromatic N) is 2. The minimum absolute atomic E-state index is 0. The SMILES string of the molecule is C=CCO[C@H](c1ccnc2ccccc12)[C@@H]1C[C@@H]2CC[N+]1(Cc1ccccc1)C[C@@H]2CC.[Cl-]. The number of para-hydroxylation sites is 1. The van der Waals surface area contributed by atoms with E-state index in [1.54, 1.807) is 0 Å². The average molecular weight is 463 g/mol. The fraction of sp³-hybridized carbons (Fsp3) is 0.414. The van der Waals surface area contributed by atoms with Gasteiger partial charge >= 0.3 is 0 Å². The highest BCUT2D eigenvalue weighted by Gasteiger charge is 2.54. The van der Waals surface area contributed by atoms with Crippen molar-refractivity contribution < 1.29 is 21.6 Å². The maximum atomic E-state index is 6.65. The first-order valence-corrected chi connectivity index (χ1v) is 12.2. The van der Waals surface area contributed by atoms with E-state index < -0.39 is 0 Å². The van der Waals surface area contributed by atoms with Gasteiger partial charge in [0.15, 0.2) is 0 Å². The van der Waals surface area contributed by atoms with Gasteiger partial charge in [-0.05, 0) is 30.0 Å². The van der Waals surface area contributed by atoms with Crippen molar-refractivity contribution in [1.29, 1.82) is 0 Å². The van der Waals surface area contributed by atoms with Gasteiger partial charge in [0.2, 0.25) is 0 Å². The Bertz CT molecular complexity index is 1070. The van der Waals surface area contributed by atoms with Crippen LogP contribution in [0.25, 0.3) is 10.9 Å². The van der Waals surface area contributed by atoms with E-state index in [2.05, 4.69) is 79.2 Å². The zero-order valence-corrected chi connectivity index (χ0v) is 20.3. The highest BCUT2D eigenvalue weighted by Crippen LogP contribution is 2.49. The zero-order valence-electron chi connectivity index (χ0n) is 19.6. The lowest BCUT2D eigenvalue weighted by Gasteiger charge is -2.59. The third kappa shape index (κ3) is 4.59. The first kappa shape index (κ1) is 23.9. The van der Waals surface area contributed by atoms with Crippen LogP contribution >= 0.6 is 0 Å². The summed E-state index contributed by atoms with van der Waals surface area (Å²) in [6, 6.07) is 22.2. The van der Waals surface area contributed by atoms with Crippen LogP contribution in [0.4, 0.5) is 0 Å². The number of hydrogen-bond donors (Lipinski definition) is 0. The van der Waals surface area contributed by atoms with Crippen LogP contribution in [-0.2, 0) is 11.3 Å². The molecular weight excluding hydrogens is 428 g/mol. The van der Waals surface area contributed by atoms with Crippen molar-refractivity contribution in [2.24, 2.45) is 11.8 Å². The second-order valence-electron chi connectivity index (χ2n) is 9.75. The van der Waals surface area contributed by atoms with E-state index in [1.165, 1.54) is 48.9 Å². The molecule has 0 amide bonds. The Morgan fingerprint density at radius 1 is 1.12 bits per heavy atom. The highest BCUT2D eigenvalue weighted by atomic mass is 35.5. The Morgan fingerprint density at radius 3 is 2.70 bits per heavy atom. The lowest BCUT2D eigenvalue weighted by Crippen LogP contribution is -3.00. The summed E-state index contributed by atoms with van der Waals surface area (Å²) >= 11 is 0. The number of ether oxygens (including phenoxy) is 1. The monoisotopic (exact) mass is 462 g/mol. The Balaban J connectivity index is 0.00000259. The Labute approximate surface area is 204 Å². The maximum Gasteiger partial charge on any atom is 0.135 e. The number of benzene rings is 2. The van der Waals surface area contributed by atoms with E-state index in [4.69, 9.17) is 4.74 Å². The number of aromatic nitrogens is 1. The van der Waals surface area contributed by atoms with E-state index in [1.807, 2.05) is 12.3 Å². The number of pyridine rings is 1. The predicted molar refractivity (Wildman–Crippen MR) is 131 cm³/mol. The number of halogens is 1. The van der Waals surface area contributed by atoms with E-state index >= 15 is 0 Å². The van der Waals surface area contributed by atoms with Crippen molar-refractivity contribution in [1.82, 2.24) is 4.98 Å². The molecular formula is C29H35ClN2O. The van der Waals surface area contributed by atoms with E-state index in [-0.39, 0.29) is 18.5 Å². The van der Waals surface area contributed by atoms with E-state index in [0.717, 1.165) is 28.4 Å². The standard InChI is InChI=1S/C29H35N2O.ClH/c1-3-18-32-29(26-14-16-30-27-13-9-8-12-25(26)27)28-19-24-15-17-31(28,21-23(24)4-2)20-22-10-6-5-7-11-22;/h3,5-14,16,23-24,28-29H,1,4,15,17-21H2,2H3;1H/q+1;/p-1/t23-,24-,28-,29+,31?;/m0./s1. The summed E-state index contributed by atoms with van der Waals surface area (Å²) in [5.74, 6) is 1.63. The van der Waals surface area contributed by atoms with Crippen LogP contribution in [0.5, 0.6) is 0 Å². The second-order valence-corrected chi connectivity index (χ2v) is 9.75. The molecule has 3 fully saturated rings. The number of rotatable bonds is 8. The van der Waals surface area contributed by atoms with Crippen molar-refractivity contribution >= 4 is 10.9 Å². The molecule has 0 aliphatic carbocycles. The van der Waals surface area contributed by atoms with Crippen LogP contribution in [0, 0.1) is 11.8 Å². The van der Waals surface area contributed by atoms with Crippen LogP contribution < -0.4 is 12.4 Å². The first-order valence-electron chi connectivity index (χ1n) is 12.2. The lowest BCUT2D eigenvalue weighted by molar-refractivity contribution is -0.986. The highest BCUT2D eigenvalue weighted by molar-refractivity contribution is 5.82. The molecule has 3 aliphatic heterocycles. The van der Waals surface area contributed by atoms with Crippen LogP contribution in [0.3, 0.4) is 0 Å². The van der Waals surface area contributed by atoms with Gasteiger partial charge in [-0.25, -0.2) is 0 Å². The van der Waals surface area contributed by atoms with Crippen molar-refractivity contribution in [2.75, 3.05) is 19.7 Å². The van der Waals surface area contributed by atoms with Crippen molar-refractivity contribution in [2.45, 2.75) is 44.9 Å². The molecule has 2 bridgehead atoms. The van der Waals surface area contributed by atoms with Gasteiger partial charge in [0.25, 0.3) is 0 Å². The predicted octanol–water partition coefficient (Wildman–Crippen LogP) is 3.32. The van der Waals surface area contributed by atoms with Gasteiger partial charge < -0.3 is 21.6 Å². The molecule has 4 heterocycles. The molecule has 33 heavy (non-hydrogen) atoms. The van der Waals surface area contributed by atoms with Gasteiger partial charge in [0, 0.05) is 35.9 Å². The second kappa shape index (κ2) is 10.4. The van der Waals surface area contributed by atoms with E-state index in [9.17, 15) is 0 Å². The number of quaternary nitrogens is 1. The van der Waals surface area contributed by atoms with Crippen LogP contribution in [0.15, 0.2) is 79.5 Å². The van der Waals surface area contributed by atoms with Gasteiger partial charge in [-0.1, -0.05) is 61.5 Å². The molecule has 0 radical (unpaired) electrons. The number of piperidine rings is 3. The molecule has 6 rings (SSSR count). The van der Waals surface area contributed by atoms with Gasteiger partial charge in [0.05, 0.1) is 25.2 Å². The smallest absolute Gasteiger partial charge is 0.135 e. The fourth-order valence-corrected chi connectivity index (χ4v) is 6.54. The van der Waals surface area contributed by atoms with Crippen molar-refractivity contribution in [3.05, 3.63) is 90.6 Å². The summed E-state index contributed by atoms with van der Waals surface area (Å²) in [5, 5.41) is 1.22.